The third-order valence-corrected chi connectivity index (χ3v) is 3.88. The second-order valence-corrected chi connectivity index (χ2v) is 6.05. The van der Waals surface area contributed by atoms with Gasteiger partial charge in [0.25, 0.3) is 0 Å². The third-order valence-electron chi connectivity index (χ3n) is 2.08. The lowest BCUT2D eigenvalue weighted by atomic mass is 10.4. The SMILES string of the molecule is O=S(=O)(NCc1ccncn1)c1cncc(Br)c1. The van der Waals surface area contributed by atoms with Crippen LogP contribution in [-0.2, 0) is 16.6 Å². The number of nitrogens with one attached hydrogen (secondary N) is 1. The summed E-state index contributed by atoms with van der Waals surface area (Å²) in [5.74, 6) is 0. The van der Waals surface area contributed by atoms with Crippen LogP contribution in [0.25, 0.3) is 0 Å². The van der Waals surface area contributed by atoms with Gasteiger partial charge in [0.15, 0.2) is 0 Å². The zero-order chi connectivity index (χ0) is 13.0. The fraction of sp³-hybridized carbons (Fsp3) is 0.100. The van der Waals surface area contributed by atoms with E-state index in [-0.39, 0.29) is 11.4 Å². The van der Waals surface area contributed by atoms with Crippen molar-refractivity contribution < 1.29 is 8.42 Å². The molecule has 2 rings (SSSR count). The summed E-state index contributed by atoms with van der Waals surface area (Å²) in [6, 6.07) is 3.12. The van der Waals surface area contributed by atoms with Gasteiger partial charge >= 0.3 is 0 Å². The minimum Gasteiger partial charge on any atom is -0.262 e. The highest BCUT2D eigenvalue weighted by molar-refractivity contribution is 9.10. The highest BCUT2D eigenvalue weighted by Crippen LogP contribution is 2.14. The fourth-order valence-corrected chi connectivity index (χ4v) is 2.72. The molecule has 0 fully saturated rings. The van der Waals surface area contributed by atoms with Gasteiger partial charge in [0.05, 0.1) is 12.2 Å². The smallest absolute Gasteiger partial charge is 0.242 e. The summed E-state index contributed by atoms with van der Waals surface area (Å²) >= 11 is 3.18. The molecule has 18 heavy (non-hydrogen) atoms. The lowest BCUT2D eigenvalue weighted by molar-refractivity contribution is 0.580. The molecule has 2 aromatic heterocycles. The van der Waals surface area contributed by atoms with Crippen molar-refractivity contribution in [2.45, 2.75) is 11.4 Å². The highest BCUT2D eigenvalue weighted by atomic mass is 79.9. The van der Waals surface area contributed by atoms with E-state index in [1.165, 1.54) is 24.8 Å². The van der Waals surface area contributed by atoms with Crippen molar-refractivity contribution >= 4 is 26.0 Å². The van der Waals surface area contributed by atoms with E-state index in [2.05, 4.69) is 35.6 Å². The number of nitrogens with zero attached hydrogens (tertiary/aromatic N) is 3. The Morgan fingerprint density at radius 3 is 2.78 bits per heavy atom. The molecule has 94 valence electrons. The van der Waals surface area contributed by atoms with Crippen LogP contribution in [0, 0.1) is 0 Å². The first-order valence-corrected chi connectivity index (χ1v) is 7.21. The van der Waals surface area contributed by atoms with E-state index >= 15 is 0 Å². The van der Waals surface area contributed by atoms with Gasteiger partial charge in [-0.1, -0.05) is 0 Å². The van der Waals surface area contributed by atoms with Crippen LogP contribution >= 0.6 is 15.9 Å². The van der Waals surface area contributed by atoms with Gasteiger partial charge in [-0.2, -0.15) is 0 Å². The van der Waals surface area contributed by atoms with Crippen molar-refractivity contribution in [3.05, 3.63) is 47.2 Å². The van der Waals surface area contributed by atoms with Gasteiger partial charge in [-0.25, -0.2) is 23.1 Å². The third kappa shape index (κ3) is 3.31. The van der Waals surface area contributed by atoms with Crippen LogP contribution in [0.4, 0.5) is 0 Å². The first kappa shape index (κ1) is 13.1. The van der Waals surface area contributed by atoms with E-state index in [0.717, 1.165) is 0 Å². The summed E-state index contributed by atoms with van der Waals surface area (Å²) in [7, 11) is -3.58. The second kappa shape index (κ2) is 5.51. The molecule has 0 amide bonds. The van der Waals surface area contributed by atoms with E-state index in [0.29, 0.717) is 10.2 Å². The van der Waals surface area contributed by atoms with E-state index < -0.39 is 10.0 Å². The molecular formula is C10H9BrN4O2S. The Hall–Kier alpha value is -1.38. The van der Waals surface area contributed by atoms with Gasteiger partial charge in [-0.15, -0.1) is 0 Å². The Balaban J connectivity index is 2.13. The van der Waals surface area contributed by atoms with Crippen molar-refractivity contribution in [3.63, 3.8) is 0 Å². The van der Waals surface area contributed by atoms with Crippen LogP contribution in [0.3, 0.4) is 0 Å². The Morgan fingerprint density at radius 2 is 2.11 bits per heavy atom. The fourth-order valence-electron chi connectivity index (χ4n) is 1.21. The van der Waals surface area contributed by atoms with Crippen LogP contribution in [0.15, 0.2) is 46.4 Å². The second-order valence-electron chi connectivity index (χ2n) is 3.36. The number of halogens is 1. The zero-order valence-electron chi connectivity index (χ0n) is 9.12. The molecule has 0 saturated heterocycles. The molecular weight excluding hydrogens is 320 g/mol. The summed E-state index contributed by atoms with van der Waals surface area (Å²) in [4.78, 5) is 11.6. The van der Waals surface area contributed by atoms with Gasteiger partial charge in [0, 0.05) is 23.1 Å². The Bertz CT molecular complexity index is 633. The largest absolute Gasteiger partial charge is 0.262 e. The lowest BCUT2D eigenvalue weighted by Gasteiger charge is -2.05. The number of pyridine rings is 1. The standard InChI is InChI=1S/C10H9BrN4O2S/c11-8-3-10(6-13-4-8)18(16,17)15-5-9-1-2-12-7-14-9/h1-4,6-7,15H,5H2. The molecule has 0 unspecified atom stereocenters. The quantitative estimate of drug-likeness (QED) is 0.908. The van der Waals surface area contributed by atoms with Gasteiger partial charge in [-0.3, -0.25) is 4.98 Å². The van der Waals surface area contributed by atoms with Crippen molar-refractivity contribution in [2.75, 3.05) is 0 Å². The molecule has 0 atom stereocenters. The van der Waals surface area contributed by atoms with Gasteiger partial charge in [0.1, 0.15) is 11.2 Å². The van der Waals surface area contributed by atoms with Crippen LogP contribution < -0.4 is 4.72 Å². The lowest BCUT2D eigenvalue weighted by Crippen LogP contribution is -2.23. The van der Waals surface area contributed by atoms with Crippen molar-refractivity contribution in [1.29, 1.82) is 0 Å². The predicted molar refractivity (Wildman–Crippen MR) is 68.0 cm³/mol. The zero-order valence-corrected chi connectivity index (χ0v) is 11.5. The van der Waals surface area contributed by atoms with Crippen molar-refractivity contribution in [1.82, 2.24) is 19.7 Å². The summed E-state index contributed by atoms with van der Waals surface area (Å²) < 4.78 is 26.9. The van der Waals surface area contributed by atoms with Gasteiger partial charge in [-0.05, 0) is 28.1 Å². The molecule has 0 aliphatic rings. The topological polar surface area (TPSA) is 84.8 Å². The van der Waals surface area contributed by atoms with Crippen molar-refractivity contribution in [2.24, 2.45) is 0 Å². The Morgan fingerprint density at radius 1 is 1.28 bits per heavy atom. The molecule has 0 spiro atoms. The minimum atomic E-state index is -3.58. The molecule has 1 N–H and O–H groups in total. The van der Waals surface area contributed by atoms with E-state index in [9.17, 15) is 8.42 Å². The number of rotatable bonds is 4. The molecule has 0 aromatic carbocycles. The summed E-state index contributed by atoms with van der Waals surface area (Å²) in [5, 5.41) is 0. The van der Waals surface area contributed by atoms with E-state index in [1.807, 2.05) is 0 Å². The van der Waals surface area contributed by atoms with Crippen LogP contribution in [0.1, 0.15) is 5.69 Å². The highest BCUT2D eigenvalue weighted by Gasteiger charge is 2.14. The van der Waals surface area contributed by atoms with E-state index in [1.54, 1.807) is 12.3 Å². The van der Waals surface area contributed by atoms with Crippen LogP contribution in [-0.4, -0.2) is 23.4 Å². The molecule has 0 aliphatic heterocycles. The van der Waals surface area contributed by atoms with Crippen molar-refractivity contribution in [3.8, 4) is 0 Å². The maximum atomic E-state index is 11.9. The van der Waals surface area contributed by atoms with E-state index in [4.69, 9.17) is 0 Å². The van der Waals surface area contributed by atoms with Gasteiger partial charge in [0.2, 0.25) is 10.0 Å². The number of aromatic nitrogens is 3. The van der Waals surface area contributed by atoms with Crippen LogP contribution in [0.5, 0.6) is 0 Å². The average molecular weight is 329 g/mol. The molecule has 0 radical (unpaired) electrons. The maximum Gasteiger partial charge on any atom is 0.242 e. The van der Waals surface area contributed by atoms with Gasteiger partial charge < -0.3 is 0 Å². The molecule has 6 nitrogen and oxygen atoms in total. The Kier molecular flexibility index (Phi) is 4.00. The molecule has 2 aromatic rings. The number of hydrogen-bond acceptors (Lipinski definition) is 5. The maximum absolute atomic E-state index is 11.9. The summed E-state index contributed by atoms with van der Waals surface area (Å²) in [5.41, 5.74) is 0.594. The number of sulfonamides is 1. The summed E-state index contributed by atoms with van der Waals surface area (Å²) in [6.45, 7) is 0.108. The van der Waals surface area contributed by atoms with Crippen LogP contribution in [0.2, 0.25) is 0 Å². The molecule has 0 saturated carbocycles. The first-order chi connectivity index (χ1) is 8.58. The molecule has 8 heteroatoms. The summed E-state index contributed by atoms with van der Waals surface area (Å²) in [6.07, 6.45) is 5.72. The Labute approximate surface area is 113 Å². The predicted octanol–water partition coefficient (Wildman–Crippen LogP) is 1.11. The monoisotopic (exact) mass is 328 g/mol. The molecule has 2 heterocycles. The average Bonchev–Trinajstić information content (AvgIpc) is 2.38. The minimum absolute atomic E-state index is 0.103. The number of hydrogen-bond donors (Lipinski definition) is 1. The first-order valence-electron chi connectivity index (χ1n) is 4.93. The molecule has 0 bridgehead atoms. The molecule has 0 aliphatic carbocycles. The normalized spacial score (nSPS) is 11.4.